The van der Waals surface area contributed by atoms with Gasteiger partial charge in [0.2, 0.25) is 0 Å². The highest BCUT2D eigenvalue weighted by molar-refractivity contribution is 6.33. The summed E-state index contributed by atoms with van der Waals surface area (Å²) in [4.78, 5) is 12.2. The van der Waals surface area contributed by atoms with Gasteiger partial charge in [0.1, 0.15) is 5.75 Å². The van der Waals surface area contributed by atoms with Crippen molar-refractivity contribution in [2.45, 2.75) is 20.4 Å². The van der Waals surface area contributed by atoms with Crippen molar-refractivity contribution in [3.63, 3.8) is 0 Å². The zero-order chi connectivity index (χ0) is 22.8. The fourth-order valence-corrected chi connectivity index (χ4v) is 3.16. The zero-order valence-electron chi connectivity index (χ0n) is 18.2. The van der Waals surface area contributed by atoms with E-state index in [1.807, 2.05) is 56.3 Å². The van der Waals surface area contributed by atoms with Gasteiger partial charge in [-0.25, -0.2) is 0 Å². The number of halogens is 1. The number of carbonyl (C=O) groups is 1. The van der Waals surface area contributed by atoms with Crippen LogP contribution in [0.1, 0.15) is 19.4 Å². The summed E-state index contributed by atoms with van der Waals surface area (Å²) in [6.07, 6.45) is 0. The second kappa shape index (κ2) is 11.9. The second-order valence-electron chi connectivity index (χ2n) is 6.84. The van der Waals surface area contributed by atoms with Gasteiger partial charge in [-0.1, -0.05) is 29.8 Å². The van der Waals surface area contributed by atoms with Crippen molar-refractivity contribution in [1.82, 2.24) is 0 Å². The SMILES string of the molecule is CCOc1ccc(NCc2ccc(OCC(=O)Nc3ccccc3Cl)c(OCC)c2)cc1. The number of ether oxygens (including phenoxy) is 3. The predicted molar refractivity (Wildman–Crippen MR) is 128 cm³/mol. The van der Waals surface area contributed by atoms with Gasteiger partial charge in [-0.3, -0.25) is 4.79 Å². The Kier molecular flexibility index (Phi) is 8.63. The average molecular weight is 455 g/mol. The number of para-hydroxylation sites is 1. The summed E-state index contributed by atoms with van der Waals surface area (Å²) in [5.41, 5.74) is 2.56. The monoisotopic (exact) mass is 454 g/mol. The summed E-state index contributed by atoms with van der Waals surface area (Å²) < 4.78 is 16.9. The lowest BCUT2D eigenvalue weighted by Crippen LogP contribution is -2.20. The molecule has 0 spiro atoms. The minimum absolute atomic E-state index is 0.158. The van der Waals surface area contributed by atoms with Crippen LogP contribution in [0.25, 0.3) is 0 Å². The largest absolute Gasteiger partial charge is 0.494 e. The first kappa shape index (κ1) is 23.3. The minimum Gasteiger partial charge on any atom is -0.494 e. The van der Waals surface area contributed by atoms with Gasteiger partial charge >= 0.3 is 0 Å². The molecule has 168 valence electrons. The van der Waals surface area contributed by atoms with Crippen molar-refractivity contribution < 1.29 is 19.0 Å². The Balaban J connectivity index is 1.58. The first-order valence-electron chi connectivity index (χ1n) is 10.5. The van der Waals surface area contributed by atoms with Crippen molar-refractivity contribution in [1.29, 1.82) is 0 Å². The van der Waals surface area contributed by atoms with E-state index in [9.17, 15) is 4.79 Å². The van der Waals surface area contributed by atoms with E-state index in [2.05, 4.69) is 10.6 Å². The van der Waals surface area contributed by atoms with E-state index in [0.29, 0.717) is 42.0 Å². The van der Waals surface area contributed by atoms with Crippen LogP contribution in [0, 0.1) is 0 Å². The first-order chi connectivity index (χ1) is 15.6. The highest BCUT2D eigenvalue weighted by Gasteiger charge is 2.11. The van der Waals surface area contributed by atoms with Crippen molar-refractivity contribution in [3.05, 3.63) is 77.3 Å². The maximum Gasteiger partial charge on any atom is 0.262 e. The van der Waals surface area contributed by atoms with Crippen LogP contribution in [0.15, 0.2) is 66.7 Å². The summed E-state index contributed by atoms with van der Waals surface area (Å²) in [6, 6.07) is 20.5. The predicted octanol–water partition coefficient (Wildman–Crippen LogP) is 5.77. The van der Waals surface area contributed by atoms with Crippen LogP contribution in [0.2, 0.25) is 5.02 Å². The van der Waals surface area contributed by atoms with Crippen LogP contribution in [-0.4, -0.2) is 25.7 Å². The summed E-state index contributed by atoms with van der Waals surface area (Å²) in [7, 11) is 0. The number of nitrogens with one attached hydrogen (secondary N) is 2. The molecule has 0 aliphatic rings. The number of carbonyl (C=O) groups excluding carboxylic acids is 1. The molecule has 2 N–H and O–H groups in total. The molecule has 0 fully saturated rings. The molecule has 3 rings (SSSR count). The molecule has 0 saturated heterocycles. The van der Waals surface area contributed by atoms with Gasteiger partial charge in [0.25, 0.3) is 5.91 Å². The molecular weight excluding hydrogens is 428 g/mol. The molecule has 0 heterocycles. The van der Waals surface area contributed by atoms with Crippen LogP contribution >= 0.6 is 11.6 Å². The van der Waals surface area contributed by atoms with Crippen LogP contribution in [0.4, 0.5) is 11.4 Å². The maximum absolute atomic E-state index is 12.2. The summed E-state index contributed by atoms with van der Waals surface area (Å²) in [5.74, 6) is 1.63. The Hall–Kier alpha value is -3.38. The molecule has 0 aliphatic heterocycles. The normalized spacial score (nSPS) is 10.3. The van der Waals surface area contributed by atoms with Gasteiger partial charge in [-0.15, -0.1) is 0 Å². The number of benzene rings is 3. The molecule has 32 heavy (non-hydrogen) atoms. The zero-order valence-corrected chi connectivity index (χ0v) is 18.9. The standard InChI is InChI=1S/C25H27ClN2O4/c1-3-30-20-12-10-19(11-13-20)27-16-18-9-14-23(24(15-18)31-4-2)32-17-25(29)28-22-8-6-5-7-21(22)26/h5-15,27H,3-4,16-17H2,1-2H3,(H,28,29). The van der Waals surface area contributed by atoms with Gasteiger partial charge in [-0.2, -0.15) is 0 Å². The quantitative estimate of drug-likeness (QED) is 0.385. The Labute approximate surface area is 193 Å². The van der Waals surface area contributed by atoms with Gasteiger partial charge in [0.05, 0.1) is 23.9 Å². The Morgan fingerprint density at radius 2 is 1.62 bits per heavy atom. The molecule has 7 heteroatoms. The molecule has 1 amide bonds. The van der Waals surface area contributed by atoms with Crippen LogP contribution < -0.4 is 24.8 Å². The number of hydrogen-bond acceptors (Lipinski definition) is 5. The van der Waals surface area contributed by atoms with Crippen molar-refractivity contribution in [2.24, 2.45) is 0 Å². The van der Waals surface area contributed by atoms with Gasteiger partial charge in [0, 0.05) is 12.2 Å². The van der Waals surface area contributed by atoms with E-state index < -0.39 is 0 Å². The molecule has 0 unspecified atom stereocenters. The highest BCUT2D eigenvalue weighted by atomic mass is 35.5. The Bertz CT molecular complexity index is 1020. The molecule has 6 nitrogen and oxygen atoms in total. The maximum atomic E-state index is 12.2. The summed E-state index contributed by atoms with van der Waals surface area (Å²) >= 11 is 6.08. The van der Waals surface area contributed by atoms with Crippen molar-refractivity contribution in [3.8, 4) is 17.2 Å². The molecule has 0 bridgehead atoms. The molecule has 3 aromatic carbocycles. The third-order valence-electron chi connectivity index (χ3n) is 4.48. The molecule has 0 saturated carbocycles. The molecule has 3 aromatic rings. The molecular formula is C25H27ClN2O4. The van der Waals surface area contributed by atoms with E-state index in [-0.39, 0.29) is 12.5 Å². The third kappa shape index (κ3) is 6.82. The fraction of sp³-hybridized carbons (Fsp3) is 0.240. The van der Waals surface area contributed by atoms with Gasteiger partial charge in [0.15, 0.2) is 18.1 Å². The smallest absolute Gasteiger partial charge is 0.262 e. The summed E-state index contributed by atoms with van der Waals surface area (Å²) in [5, 5.41) is 6.58. The third-order valence-corrected chi connectivity index (χ3v) is 4.81. The Morgan fingerprint density at radius 1 is 0.875 bits per heavy atom. The number of anilines is 2. The fourth-order valence-electron chi connectivity index (χ4n) is 2.98. The lowest BCUT2D eigenvalue weighted by Gasteiger charge is -2.14. The van der Waals surface area contributed by atoms with E-state index >= 15 is 0 Å². The first-order valence-corrected chi connectivity index (χ1v) is 10.9. The van der Waals surface area contributed by atoms with Crippen molar-refractivity contribution >= 4 is 28.9 Å². The van der Waals surface area contributed by atoms with Crippen LogP contribution in [0.3, 0.4) is 0 Å². The number of amides is 1. The van der Waals surface area contributed by atoms with Crippen molar-refractivity contribution in [2.75, 3.05) is 30.5 Å². The van der Waals surface area contributed by atoms with E-state index in [1.165, 1.54) is 0 Å². The van der Waals surface area contributed by atoms with E-state index in [0.717, 1.165) is 17.0 Å². The molecule has 0 aliphatic carbocycles. The summed E-state index contributed by atoms with van der Waals surface area (Å²) in [6.45, 7) is 5.44. The minimum atomic E-state index is -0.304. The number of rotatable bonds is 11. The lowest BCUT2D eigenvalue weighted by molar-refractivity contribution is -0.118. The average Bonchev–Trinajstić information content (AvgIpc) is 2.80. The van der Waals surface area contributed by atoms with Crippen LogP contribution in [0.5, 0.6) is 17.2 Å². The number of hydrogen-bond donors (Lipinski definition) is 2. The lowest BCUT2D eigenvalue weighted by atomic mass is 10.2. The van der Waals surface area contributed by atoms with Gasteiger partial charge in [-0.05, 0) is 67.9 Å². The molecule has 0 atom stereocenters. The van der Waals surface area contributed by atoms with E-state index in [1.54, 1.807) is 24.3 Å². The molecule has 0 radical (unpaired) electrons. The second-order valence-corrected chi connectivity index (χ2v) is 7.25. The Morgan fingerprint density at radius 3 is 2.34 bits per heavy atom. The van der Waals surface area contributed by atoms with E-state index in [4.69, 9.17) is 25.8 Å². The highest BCUT2D eigenvalue weighted by Crippen LogP contribution is 2.29. The van der Waals surface area contributed by atoms with Gasteiger partial charge < -0.3 is 24.8 Å². The molecule has 0 aromatic heterocycles. The van der Waals surface area contributed by atoms with Crippen LogP contribution in [-0.2, 0) is 11.3 Å². The topological polar surface area (TPSA) is 68.8 Å².